The van der Waals surface area contributed by atoms with E-state index in [1.807, 2.05) is 24.3 Å². The Bertz CT molecular complexity index is 1090. The third-order valence-corrected chi connectivity index (χ3v) is 8.08. The van der Waals surface area contributed by atoms with E-state index in [-0.39, 0.29) is 17.5 Å². The van der Waals surface area contributed by atoms with E-state index in [0.717, 1.165) is 34.5 Å². The highest BCUT2D eigenvalue weighted by atomic mass is 32.2. The maximum Gasteiger partial charge on any atom is 0.338 e. The first kappa shape index (κ1) is 20.0. The third kappa shape index (κ3) is 3.92. The molecular formula is C21H22N2O4S2. The molecule has 1 saturated heterocycles. The molecule has 8 heteroatoms. The van der Waals surface area contributed by atoms with E-state index in [1.165, 1.54) is 24.3 Å². The van der Waals surface area contributed by atoms with Crippen LogP contribution in [0, 0.1) is 0 Å². The molecule has 1 fully saturated rings. The van der Waals surface area contributed by atoms with Gasteiger partial charge in [0.05, 0.1) is 33.3 Å². The Hall–Kier alpha value is -2.29. The molecule has 1 aromatic heterocycles. The number of carbonyl (C=O) groups excluding carboxylic acids is 1. The fourth-order valence-electron chi connectivity index (χ4n) is 3.58. The maximum atomic E-state index is 13.4. The first-order valence-corrected chi connectivity index (χ1v) is 11.9. The lowest BCUT2D eigenvalue weighted by Crippen LogP contribution is -2.38. The number of fused-ring (bicyclic) bond motifs is 1. The minimum atomic E-state index is -3.70. The van der Waals surface area contributed by atoms with Crippen LogP contribution in [0.1, 0.15) is 47.6 Å². The summed E-state index contributed by atoms with van der Waals surface area (Å²) in [4.78, 5) is 16.7. The summed E-state index contributed by atoms with van der Waals surface area (Å²) in [6.45, 7) is 2.47. The van der Waals surface area contributed by atoms with E-state index in [0.29, 0.717) is 12.1 Å². The van der Waals surface area contributed by atoms with Crippen molar-refractivity contribution in [2.45, 2.75) is 37.1 Å². The number of ether oxygens (including phenoxy) is 1. The quantitative estimate of drug-likeness (QED) is 0.561. The summed E-state index contributed by atoms with van der Waals surface area (Å²) in [6.07, 6.45) is 2.54. The Balaban J connectivity index is 1.65. The van der Waals surface area contributed by atoms with Crippen LogP contribution in [0.25, 0.3) is 10.2 Å². The number of hydrogen-bond donors (Lipinski definition) is 0. The van der Waals surface area contributed by atoms with Gasteiger partial charge in [0.2, 0.25) is 10.0 Å². The number of piperidine rings is 1. The summed E-state index contributed by atoms with van der Waals surface area (Å²) in [6, 6.07) is 13.5. The molecule has 4 rings (SSSR count). The summed E-state index contributed by atoms with van der Waals surface area (Å²) < 4.78 is 34.3. The zero-order valence-corrected chi connectivity index (χ0v) is 17.7. The Kier molecular flexibility index (Phi) is 5.67. The molecule has 1 aliphatic rings. The van der Waals surface area contributed by atoms with Crippen LogP contribution in [0.2, 0.25) is 0 Å². The van der Waals surface area contributed by atoms with Crippen molar-refractivity contribution in [1.29, 1.82) is 0 Å². The first-order valence-electron chi connectivity index (χ1n) is 9.65. The predicted octanol–water partition coefficient (Wildman–Crippen LogP) is 4.39. The standard InChI is InChI=1S/C21H22N2O4S2/c1-2-27-21(24)15-10-12-16(13-11-15)29(25,26)23-14-6-5-8-18(23)20-22-17-7-3-4-9-19(17)28-20/h3-4,7,9-13,18H,2,5-6,8,14H2,1H3/t18-/m1/s1. The molecule has 3 aromatic rings. The van der Waals surface area contributed by atoms with Crippen LogP contribution in [-0.4, -0.2) is 36.8 Å². The van der Waals surface area contributed by atoms with Gasteiger partial charge in [-0.2, -0.15) is 4.31 Å². The van der Waals surface area contributed by atoms with Gasteiger partial charge in [0.15, 0.2) is 0 Å². The van der Waals surface area contributed by atoms with E-state index in [4.69, 9.17) is 9.72 Å². The molecule has 0 N–H and O–H groups in total. The lowest BCUT2D eigenvalue weighted by Gasteiger charge is -2.33. The normalized spacial score (nSPS) is 18.0. The van der Waals surface area contributed by atoms with Gasteiger partial charge < -0.3 is 4.74 Å². The number of thiazole rings is 1. The molecule has 0 aliphatic carbocycles. The molecule has 2 aromatic carbocycles. The smallest absolute Gasteiger partial charge is 0.338 e. The van der Waals surface area contributed by atoms with Gasteiger partial charge in [-0.05, 0) is 56.2 Å². The highest BCUT2D eigenvalue weighted by molar-refractivity contribution is 7.89. The number of aromatic nitrogens is 1. The summed E-state index contributed by atoms with van der Waals surface area (Å²) in [5.41, 5.74) is 1.24. The Morgan fingerprint density at radius 1 is 1.17 bits per heavy atom. The fourth-order valence-corrected chi connectivity index (χ4v) is 6.43. The molecule has 0 amide bonds. The molecular weight excluding hydrogens is 408 g/mol. The van der Waals surface area contributed by atoms with Crippen molar-refractivity contribution < 1.29 is 17.9 Å². The Morgan fingerprint density at radius 2 is 1.93 bits per heavy atom. The van der Waals surface area contributed by atoms with Gasteiger partial charge in [-0.1, -0.05) is 18.6 Å². The van der Waals surface area contributed by atoms with Gasteiger partial charge in [0.25, 0.3) is 0 Å². The number of benzene rings is 2. The third-order valence-electron chi connectivity index (χ3n) is 5.02. The minimum Gasteiger partial charge on any atom is -0.462 e. The van der Waals surface area contributed by atoms with Crippen molar-refractivity contribution in [1.82, 2.24) is 9.29 Å². The maximum absolute atomic E-state index is 13.4. The minimum absolute atomic E-state index is 0.179. The molecule has 1 aliphatic heterocycles. The first-order chi connectivity index (χ1) is 14.0. The number of esters is 1. The van der Waals surface area contributed by atoms with E-state index in [2.05, 4.69) is 0 Å². The molecule has 0 bridgehead atoms. The second kappa shape index (κ2) is 8.22. The molecule has 1 atom stereocenters. The van der Waals surface area contributed by atoms with Crippen LogP contribution < -0.4 is 0 Å². The second-order valence-corrected chi connectivity index (χ2v) is 9.84. The molecule has 0 spiro atoms. The number of para-hydroxylation sites is 1. The van der Waals surface area contributed by atoms with Crippen molar-refractivity contribution in [3.63, 3.8) is 0 Å². The average Bonchev–Trinajstić information content (AvgIpc) is 3.18. The topological polar surface area (TPSA) is 76.6 Å². The number of carbonyl (C=O) groups is 1. The zero-order valence-electron chi connectivity index (χ0n) is 16.1. The van der Waals surface area contributed by atoms with Crippen molar-refractivity contribution in [2.75, 3.05) is 13.2 Å². The number of sulfonamides is 1. The Morgan fingerprint density at radius 3 is 2.66 bits per heavy atom. The second-order valence-electron chi connectivity index (χ2n) is 6.89. The van der Waals surface area contributed by atoms with E-state index in [1.54, 1.807) is 22.6 Å². The molecule has 2 heterocycles. The Labute approximate surface area is 174 Å². The lowest BCUT2D eigenvalue weighted by molar-refractivity contribution is 0.0526. The van der Waals surface area contributed by atoms with Crippen LogP contribution in [0.3, 0.4) is 0 Å². The van der Waals surface area contributed by atoms with Crippen LogP contribution in [-0.2, 0) is 14.8 Å². The molecule has 0 radical (unpaired) electrons. The molecule has 0 unspecified atom stereocenters. The number of rotatable bonds is 5. The average molecular weight is 431 g/mol. The number of nitrogens with zero attached hydrogens (tertiary/aromatic N) is 2. The van der Waals surface area contributed by atoms with Gasteiger partial charge in [-0.25, -0.2) is 18.2 Å². The van der Waals surface area contributed by atoms with E-state index in [9.17, 15) is 13.2 Å². The van der Waals surface area contributed by atoms with Gasteiger partial charge in [0, 0.05) is 6.54 Å². The van der Waals surface area contributed by atoms with Gasteiger partial charge in [-0.3, -0.25) is 0 Å². The monoisotopic (exact) mass is 430 g/mol. The van der Waals surface area contributed by atoms with Crippen LogP contribution in [0.4, 0.5) is 0 Å². The molecule has 0 saturated carbocycles. The highest BCUT2D eigenvalue weighted by Crippen LogP contribution is 2.38. The van der Waals surface area contributed by atoms with Crippen LogP contribution >= 0.6 is 11.3 Å². The fraction of sp³-hybridized carbons (Fsp3) is 0.333. The summed E-state index contributed by atoms with van der Waals surface area (Å²) in [5.74, 6) is -0.457. The van der Waals surface area contributed by atoms with Gasteiger partial charge in [-0.15, -0.1) is 11.3 Å². The highest BCUT2D eigenvalue weighted by Gasteiger charge is 2.36. The van der Waals surface area contributed by atoms with Gasteiger partial charge >= 0.3 is 5.97 Å². The van der Waals surface area contributed by atoms with Crippen molar-refractivity contribution in [3.8, 4) is 0 Å². The SMILES string of the molecule is CCOC(=O)c1ccc(S(=O)(=O)N2CCCC[C@@H]2c2nc3ccccc3s2)cc1. The summed E-state index contributed by atoms with van der Waals surface area (Å²) in [5, 5.41) is 0.831. The largest absolute Gasteiger partial charge is 0.462 e. The molecule has 152 valence electrons. The molecule has 6 nitrogen and oxygen atoms in total. The molecule has 29 heavy (non-hydrogen) atoms. The summed E-state index contributed by atoms with van der Waals surface area (Å²) >= 11 is 1.55. The van der Waals surface area contributed by atoms with E-state index < -0.39 is 16.0 Å². The van der Waals surface area contributed by atoms with Crippen LogP contribution in [0.5, 0.6) is 0 Å². The van der Waals surface area contributed by atoms with Crippen molar-refractivity contribution in [2.24, 2.45) is 0 Å². The van der Waals surface area contributed by atoms with Crippen molar-refractivity contribution >= 4 is 37.5 Å². The lowest BCUT2D eigenvalue weighted by atomic mass is 10.1. The van der Waals surface area contributed by atoms with Gasteiger partial charge in [0.1, 0.15) is 5.01 Å². The van der Waals surface area contributed by atoms with E-state index >= 15 is 0 Å². The summed E-state index contributed by atoms with van der Waals surface area (Å²) in [7, 11) is -3.70. The van der Waals surface area contributed by atoms with Crippen LogP contribution in [0.15, 0.2) is 53.4 Å². The van der Waals surface area contributed by atoms with Crippen molar-refractivity contribution in [3.05, 3.63) is 59.1 Å². The predicted molar refractivity (Wildman–Crippen MR) is 113 cm³/mol. The number of hydrogen-bond acceptors (Lipinski definition) is 6. The zero-order chi connectivity index (χ0) is 20.4.